The van der Waals surface area contributed by atoms with Crippen LogP contribution in [0.5, 0.6) is 11.5 Å². The summed E-state index contributed by atoms with van der Waals surface area (Å²) >= 11 is 0. The minimum Gasteiger partial charge on any atom is -0.457 e. The van der Waals surface area contributed by atoms with Gasteiger partial charge in [0.1, 0.15) is 23.9 Å². The number of nitrogens with one attached hydrogen (secondary N) is 1. The van der Waals surface area contributed by atoms with Gasteiger partial charge in [0.25, 0.3) is 0 Å². The Morgan fingerprint density at radius 2 is 1.93 bits per heavy atom. The molecule has 27 heavy (non-hydrogen) atoms. The topological polar surface area (TPSA) is 90.4 Å². The first-order valence-electron chi connectivity index (χ1n) is 8.59. The number of hydrogen-bond acceptors (Lipinski definition) is 4. The maximum absolute atomic E-state index is 6.01. The van der Waals surface area contributed by atoms with Crippen molar-refractivity contribution in [3.8, 4) is 11.5 Å². The molecule has 7 nitrogen and oxygen atoms in total. The minimum absolute atomic E-state index is 0. The van der Waals surface area contributed by atoms with Crippen LogP contribution in [0.4, 0.5) is 5.69 Å². The largest absolute Gasteiger partial charge is 0.457 e. The van der Waals surface area contributed by atoms with Gasteiger partial charge in [0, 0.05) is 24.7 Å². The number of guanidine groups is 1. The van der Waals surface area contributed by atoms with Crippen LogP contribution in [0, 0.1) is 0 Å². The number of rotatable bonds is 5. The van der Waals surface area contributed by atoms with E-state index in [0.29, 0.717) is 12.5 Å². The molecule has 2 heterocycles. The molecule has 1 aliphatic heterocycles. The number of benzene rings is 2. The maximum atomic E-state index is 6.01. The van der Waals surface area contributed by atoms with E-state index in [1.54, 1.807) is 0 Å². The smallest absolute Gasteiger partial charge is 0.193 e. The molecule has 3 aromatic rings. The summed E-state index contributed by atoms with van der Waals surface area (Å²) in [5.41, 5.74) is 6.82. The Bertz CT molecular complexity index is 925. The summed E-state index contributed by atoms with van der Waals surface area (Å²) in [7, 11) is 0. The highest BCUT2D eigenvalue weighted by Crippen LogP contribution is 2.23. The third kappa shape index (κ3) is 4.76. The van der Waals surface area contributed by atoms with E-state index in [2.05, 4.69) is 25.1 Å². The van der Waals surface area contributed by atoms with E-state index >= 15 is 0 Å². The average molecular weight is 476 g/mol. The summed E-state index contributed by atoms with van der Waals surface area (Å²) < 4.78 is 7.94. The van der Waals surface area contributed by atoms with Crippen molar-refractivity contribution in [2.24, 2.45) is 10.7 Å². The number of para-hydroxylation sites is 1. The Kier molecular flexibility index (Phi) is 6.28. The van der Waals surface area contributed by atoms with Gasteiger partial charge in [-0.15, -0.1) is 34.2 Å². The van der Waals surface area contributed by atoms with Crippen molar-refractivity contribution in [3.63, 3.8) is 0 Å². The van der Waals surface area contributed by atoms with Crippen LogP contribution in [0.2, 0.25) is 0 Å². The van der Waals surface area contributed by atoms with Gasteiger partial charge in [-0.1, -0.05) is 24.3 Å². The number of nitrogens with two attached hydrogens (primary N) is 1. The minimum atomic E-state index is 0. The molecule has 4 rings (SSSR count). The summed E-state index contributed by atoms with van der Waals surface area (Å²) in [6.07, 6.45) is 2.10. The molecule has 0 fully saturated rings. The SMILES string of the molecule is I.NC(=NCc1nnc2n1CCC2)Nc1cccc(Oc2ccccc2)c1. The lowest BCUT2D eigenvalue weighted by Gasteiger charge is -2.09. The highest BCUT2D eigenvalue weighted by Gasteiger charge is 2.16. The van der Waals surface area contributed by atoms with Crippen LogP contribution < -0.4 is 15.8 Å². The van der Waals surface area contributed by atoms with E-state index in [1.165, 1.54) is 0 Å². The number of anilines is 1. The maximum Gasteiger partial charge on any atom is 0.193 e. The predicted octanol–water partition coefficient (Wildman–Crippen LogP) is 3.56. The zero-order valence-electron chi connectivity index (χ0n) is 14.7. The quantitative estimate of drug-likeness (QED) is 0.334. The molecule has 140 valence electrons. The van der Waals surface area contributed by atoms with Gasteiger partial charge in [-0.3, -0.25) is 0 Å². The van der Waals surface area contributed by atoms with Gasteiger partial charge in [0.2, 0.25) is 0 Å². The van der Waals surface area contributed by atoms with E-state index in [-0.39, 0.29) is 24.0 Å². The van der Waals surface area contributed by atoms with Gasteiger partial charge in [-0.05, 0) is 30.7 Å². The fourth-order valence-electron chi connectivity index (χ4n) is 2.93. The van der Waals surface area contributed by atoms with Crippen molar-refractivity contribution in [1.29, 1.82) is 0 Å². The normalized spacial score (nSPS) is 13.0. The van der Waals surface area contributed by atoms with Gasteiger partial charge in [-0.2, -0.15) is 0 Å². The molecule has 0 saturated carbocycles. The molecule has 0 radical (unpaired) electrons. The molecular weight excluding hydrogens is 455 g/mol. The van der Waals surface area contributed by atoms with Crippen LogP contribution in [0.1, 0.15) is 18.1 Å². The lowest BCUT2D eigenvalue weighted by molar-refractivity contribution is 0.483. The summed E-state index contributed by atoms with van der Waals surface area (Å²) in [5, 5.41) is 11.4. The van der Waals surface area contributed by atoms with Crippen LogP contribution in [0.15, 0.2) is 59.6 Å². The third-order valence-corrected chi connectivity index (χ3v) is 4.16. The van der Waals surface area contributed by atoms with Crippen molar-refractivity contribution in [2.45, 2.75) is 25.9 Å². The van der Waals surface area contributed by atoms with E-state index in [9.17, 15) is 0 Å². The highest BCUT2D eigenvalue weighted by atomic mass is 127. The Morgan fingerprint density at radius 1 is 1.11 bits per heavy atom. The van der Waals surface area contributed by atoms with E-state index in [1.807, 2.05) is 54.6 Å². The molecule has 3 N–H and O–H groups in total. The monoisotopic (exact) mass is 476 g/mol. The van der Waals surface area contributed by atoms with E-state index in [0.717, 1.165) is 48.2 Å². The summed E-state index contributed by atoms with van der Waals surface area (Å²) in [6, 6.07) is 17.2. The Morgan fingerprint density at radius 3 is 2.78 bits per heavy atom. The van der Waals surface area contributed by atoms with Crippen LogP contribution in [0.25, 0.3) is 0 Å². The molecule has 0 saturated heterocycles. The molecule has 1 aliphatic rings. The number of halogens is 1. The van der Waals surface area contributed by atoms with E-state index < -0.39 is 0 Å². The molecule has 8 heteroatoms. The Balaban J connectivity index is 0.00000210. The second-order valence-corrected chi connectivity index (χ2v) is 6.06. The molecule has 0 aliphatic carbocycles. The fourth-order valence-corrected chi connectivity index (χ4v) is 2.93. The second-order valence-electron chi connectivity index (χ2n) is 6.06. The first-order chi connectivity index (χ1) is 12.8. The predicted molar refractivity (Wildman–Crippen MR) is 116 cm³/mol. The van der Waals surface area contributed by atoms with Crippen molar-refractivity contribution in [3.05, 3.63) is 66.2 Å². The summed E-state index contributed by atoms with van der Waals surface area (Å²) in [4.78, 5) is 4.37. The standard InChI is InChI=1S/C19H20N6O.HI/c20-19(21-13-18-24-23-17-10-5-11-25(17)18)22-14-6-4-9-16(12-14)26-15-7-2-1-3-8-15;/h1-4,6-9,12H,5,10-11,13H2,(H3,20,21,22);1H. The Labute approximate surface area is 174 Å². The van der Waals surface area contributed by atoms with Crippen LogP contribution >= 0.6 is 24.0 Å². The average Bonchev–Trinajstić information content (AvgIpc) is 3.25. The molecule has 0 bridgehead atoms. The number of aromatic nitrogens is 3. The molecule has 0 unspecified atom stereocenters. The molecular formula is C19H21IN6O. The number of nitrogens with zero attached hydrogens (tertiary/aromatic N) is 4. The van der Waals surface area contributed by atoms with Gasteiger partial charge >= 0.3 is 0 Å². The first kappa shape index (κ1) is 19.2. The van der Waals surface area contributed by atoms with Gasteiger partial charge < -0.3 is 20.4 Å². The lowest BCUT2D eigenvalue weighted by Crippen LogP contribution is -2.22. The molecule has 2 aromatic carbocycles. The van der Waals surface area contributed by atoms with Gasteiger partial charge in [0.05, 0.1) is 0 Å². The number of fused-ring (bicyclic) bond motifs is 1. The third-order valence-electron chi connectivity index (χ3n) is 4.16. The zero-order chi connectivity index (χ0) is 17.8. The van der Waals surface area contributed by atoms with Crippen LogP contribution in [-0.4, -0.2) is 20.7 Å². The fraction of sp³-hybridized carbons (Fsp3) is 0.211. The van der Waals surface area contributed by atoms with Crippen LogP contribution in [-0.2, 0) is 19.5 Å². The second kappa shape index (κ2) is 8.85. The number of hydrogen-bond donors (Lipinski definition) is 2. The van der Waals surface area contributed by atoms with Crippen LogP contribution in [0.3, 0.4) is 0 Å². The van der Waals surface area contributed by atoms with E-state index in [4.69, 9.17) is 10.5 Å². The highest BCUT2D eigenvalue weighted by molar-refractivity contribution is 14.0. The first-order valence-corrected chi connectivity index (χ1v) is 8.59. The van der Waals surface area contributed by atoms with Gasteiger partial charge in [-0.25, -0.2) is 4.99 Å². The van der Waals surface area contributed by atoms with Crippen molar-refractivity contribution >= 4 is 35.6 Å². The van der Waals surface area contributed by atoms with Crippen molar-refractivity contribution in [2.75, 3.05) is 5.32 Å². The lowest BCUT2D eigenvalue weighted by atomic mass is 10.3. The molecule has 0 amide bonds. The van der Waals surface area contributed by atoms with Crippen molar-refractivity contribution in [1.82, 2.24) is 14.8 Å². The summed E-state index contributed by atoms with van der Waals surface area (Å²) in [5.74, 6) is 3.73. The zero-order valence-corrected chi connectivity index (χ0v) is 17.0. The number of aryl methyl sites for hydroxylation is 1. The molecule has 0 atom stereocenters. The number of aliphatic imine (C=N–C) groups is 1. The van der Waals surface area contributed by atoms with Gasteiger partial charge in [0.15, 0.2) is 11.8 Å². The summed E-state index contributed by atoms with van der Waals surface area (Å²) in [6.45, 7) is 1.37. The van der Waals surface area contributed by atoms with Crippen molar-refractivity contribution < 1.29 is 4.74 Å². The number of ether oxygens (including phenoxy) is 1. The molecule has 1 aromatic heterocycles. The molecule has 0 spiro atoms. The Hall–Kier alpha value is -2.62.